The number of benzene rings is 1. The van der Waals surface area contributed by atoms with Crippen molar-refractivity contribution in [1.29, 1.82) is 0 Å². The number of para-hydroxylation sites is 1. The number of likely N-dealkylation sites (N-methyl/N-ethyl adjacent to an activating group) is 1. The number of unbranched alkanes of at least 4 members (excludes halogenated alkanes) is 1. The first-order valence-electron chi connectivity index (χ1n) is 10.1. The molecule has 0 spiro atoms. The standard InChI is InChI=1S/C22H28N4O/c1-24-16-25(15-21-20(24)13-23-26(21)14-17-9-10-17)11-5-4-7-19-12-18-6-2-3-8-22(18)27-19/h2-3,6,8,12-13,15,17,23H,4-5,7,9-11,14,16H2,1H3. The normalized spacial score (nSPS) is 19.2. The molecule has 5 rings (SSSR count). The van der Waals surface area contributed by atoms with Gasteiger partial charge < -0.3 is 19.6 Å². The Labute approximate surface area is 160 Å². The van der Waals surface area contributed by atoms with Gasteiger partial charge in [-0.25, -0.2) is 0 Å². The second-order valence-electron chi connectivity index (χ2n) is 8.09. The first kappa shape index (κ1) is 16.6. The van der Waals surface area contributed by atoms with Crippen LogP contribution in [0.1, 0.15) is 31.4 Å². The van der Waals surface area contributed by atoms with E-state index in [1.54, 1.807) is 0 Å². The van der Waals surface area contributed by atoms with Crippen LogP contribution in [-0.4, -0.2) is 41.6 Å². The Balaban J connectivity index is 1.16. The lowest BCUT2D eigenvalue weighted by Crippen LogP contribution is -2.40. The highest BCUT2D eigenvalue weighted by Crippen LogP contribution is 2.34. The summed E-state index contributed by atoms with van der Waals surface area (Å²) >= 11 is 0. The Morgan fingerprint density at radius 2 is 2.04 bits per heavy atom. The lowest BCUT2D eigenvalue weighted by atomic mass is 10.1. The second-order valence-corrected chi connectivity index (χ2v) is 8.09. The van der Waals surface area contributed by atoms with E-state index >= 15 is 0 Å². The van der Waals surface area contributed by atoms with Gasteiger partial charge in [-0.1, -0.05) is 18.2 Å². The van der Waals surface area contributed by atoms with Crippen LogP contribution in [0.3, 0.4) is 0 Å². The average Bonchev–Trinajstić information content (AvgIpc) is 3.24. The van der Waals surface area contributed by atoms with Crippen molar-refractivity contribution in [2.24, 2.45) is 5.92 Å². The van der Waals surface area contributed by atoms with Gasteiger partial charge >= 0.3 is 0 Å². The van der Waals surface area contributed by atoms with Crippen LogP contribution in [0, 0.1) is 5.92 Å². The van der Waals surface area contributed by atoms with Crippen molar-refractivity contribution in [3.8, 4) is 0 Å². The molecule has 0 amide bonds. The van der Waals surface area contributed by atoms with Gasteiger partial charge in [-0.2, -0.15) is 0 Å². The third kappa shape index (κ3) is 3.51. The van der Waals surface area contributed by atoms with Crippen molar-refractivity contribution in [1.82, 2.24) is 20.2 Å². The molecule has 2 aromatic rings. The molecule has 27 heavy (non-hydrogen) atoms. The molecule has 3 heterocycles. The lowest BCUT2D eigenvalue weighted by Gasteiger charge is -2.36. The fourth-order valence-corrected chi connectivity index (χ4v) is 4.04. The van der Waals surface area contributed by atoms with Crippen LogP contribution in [-0.2, 0) is 6.42 Å². The number of hydrogen-bond acceptors (Lipinski definition) is 5. The first-order valence-corrected chi connectivity index (χ1v) is 10.1. The molecular formula is C22H28N4O. The highest BCUT2D eigenvalue weighted by molar-refractivity contribution is 5.77. The maximum Gasteiger partial charge on any atom is 0.134 e. The van der Waals surface area contributed by atoms with Crippen LogP contribution in [0.4, 0.5) is 0 Å². The van der Waals surface area contributed by atoms with Crippen LogP contribution < -0.4 is 5.43 Å². The summed E-state index contributed by atoms with van der Waals surface area (Å²) in [5.41, 5.74) is 7.08. The van der Waals surface area contributed by atoms with Gasteiger partial charge in [-0.05, 0) is 43.7 Å². The zero-order valence-corrected chi connectivity index (χ0v) is 16.0. The van der Waals surface area contributed by atoms with E-state index in [0.717, 1.165) is 49.9 Å². The van der Waals surface area contributed by atoms with Gasteiger partial charge in [0.1, 0.15) is 11.3 Å². The second kappa shape index (κ2) is 6.87. The third-order valence-corrected chi connectivity index (χ3v) is 5.75. The van der Waals surface area contributed by atoms with E-state index in [2.05, 4.69) is 57.9 Å². The number of hydrogen-bond donors (Lipinski definition) is 1. The summed E-state index contributed by atoms with van der Waals surface area (Å²) in [6.45, 7) is 3.16. The molecule has 0 atom stereocenters. The van der Waals surface area contributed by atoms with Gasteiger partial charge in [0.05, 0.1) is 18.1 Å². The largest absolute Gasteiger partial charge is 0.461 e. The van der Waals surface area contributed by atoms with E-state index in [0.29, 0.717) is 0 Å². The summed E-state index contributed by atoms with van der Waals surface area (Å²) in [5, 5.41) is 3.53. The van der Waals surface area contributed by atoms with Crippen LogP contribution >= 0.6 is 0 Å². The van der Waals surface area contributed by atoms with Gasteiger partial charge in [-0.3, -0.25) is 5.01 Å². The van der Waals surface area contributed by atoms with Gasteiger partial charge in [0.25, 0.3) is 0 Å². The zero-order valence-electron chi connectivity index (χ0n) is 16.0. The molecule has 1 aliphatic carbocycles. The molecule has 5 heteroatoms. The minimum atomic E-state index is 0.871. The van der Waals surface area contributed by atoms with Crippen molar-refractivity contribution in [2.75, 3.05) is 26.8 Å². The monoisotopic (exact) mass is 364 g/mol. The van der Waals surface area contributed by atoms with E-state index < -0.39 is 0 Å². The molecule has 0 saturated heterocycles. The number of nitrogens with zero attached hydrogens (tertiary/aromatic N) is 3. The van der Waals surface area contributed by atoms with Gasteiger partial charge in [0.2, 0.25) is 0 Å². The summed E-state index contributed by atoms with van der Waals surface area (Å²) in [5.74, 6) is 1.97. The van der Waals surface area contributed by atoms with Crippen LogP contribution in [0.2, 0.25) is 0 Å². The number of hydrazine groups is 1. The summed E-state index contributed by atoms with van der Waals surface area (Å²) in [6.07, 6.45) is 10.6. The van der Waals surface area contributed by atoms with Crippen LogP contribution in [0.15, 0.2) is 58.5 Å². The molecular weight excluding hydrogens is 336 g/mol. The average molecular weight is 364 g/mol. The first-order chi connectivity index (χ1) is 13.3. The smallest absolute Gasteiger partial charge is 0.134 e. The Bertz CT molecular complexity index is 846. The predicted octanol–water partition coefficient (Wildman–Crippen LogP) is 3.87. The van der Waals surface area contributed by atoms with Gasteiger partial charge in [0.15, 0.2) is 0 Å². The van der Waals surface area contributed by atoms with Crippen molar-refractivity contribution in [2.45, 2.75) is 32.1 Å². The van der Waals surface area contributed by atoms with E-state index in [1.807, 2.05) is 12.1 Å². The van der Waals surface area contributed by atoms with Crippen molar-refractivity contribution >= 4 is 11.0 Å². The third-order valence-electron chi connectivity index (χ3n) is 5.75. The number of fused-ring (bicyclic) bond motifs is 2. The molecule has 0 unspecified atom stereocenters. The Kier molecular flexibility index (Phi) is 4.23. The molecule has 1 fully saturated rings. The summed E-state index contributed by atoms with van der Waals surface area (Å²) in [6, 6.07) is 10.4. The zero-order chi connectivity index (χ0) is 18.2. The fourth-order valence-electron chi connectivity index (χ4n) is 4.04. The van der Waals surface area contributed by atoms with Gasteiger partial charge in [0, 0.05) is 44.3 Å². The van der Waals surface area contributed by atoms with Crippen molar-refractivity contribution in [3.63, 3.8) is 0 Å². The Hall–Kier alpha value is -2.56. The molecule has 1 aromatic heterocycles. The molecule has 3 aliphatic rings. The van der Waals surface area contributed by atoms with Crippen LogP contribution in [0.5, 0.6) is 0 Å². The van der Waals surface area contributed by atoms with E-state index in [4.69, 9.17) is 4.42 Å². The number of furan rings is 1. The molecule has 0 bridgehead atoms. The number of aryl methyl sites for hydroxylation is 1. The highest BCUT2D eigenvalue weighted by atomic mass is 16.3. The predicted molar refractivity (Wildman–Crippen MR) is 107 cm³/mol. The van der Waals surface area contributed by atoms with E-state index in [1.165, 1.54) is 36.0 Å². The SMILES string of the molecule is CN1CN(CCCCc2cc3ccccc3o2)C=C2C1=CNN2CC1CC1. The van der Waals surface area contributed by atoms with Crippen molar-refractivity contribution < 1.29 is 4.42 Å². The molecule has 1 N–H and O–H groups in total. The minimum absolute atomic E-state index is 0.871. The summed E-state index contributed by atoms with van der Waals surface area (Å²) in [7, 11) is 2.18. The van der Waals surface area contributed by atoms with Crippen molar-refractivity contribution in [3.05, 3.63) is 59.9 Å². The Morgan fingerprint density at radius 1 is 1.15 bits per heavy atom. The highest BCUT2D eigenvalue weighted by Gasteiger charge is 2.32. The molecule has 2 aliphatic heterocycles. The number of nitrogens with one attached hydrogen (secondary N) is 1. The molecule has 0 radical (unpaired) electrons. The maximum absolute atomic E-state index is 5.93. The quantitative estimate of drug-likeness (QED) is 0.755. The van der Waals surface area contributed by atoms with Gasteiger partial charge in [-0.15, -0.1) is 0 Å². The van der Waals surface area contributed by atoms with E-state index in [-0.39, 0.29) is 0 Å². The Morgan fingerprint density at radius 3 is 2.89 bits per heavy atom. The number of rotatable bonds is 7. The molecule has 1 aromatic carbocycles. The summed E-state index contributed by atoms with van der Waals surface area (Å²) in [4.78, 5) is 4.78. The topological polar surface area (TPSA) is 34.9 Å². The minimum Gasteiger partial charge on any atom is -0.461 e. The van der Waals surface area contributed by atoms with Crippen LogP contribution in [0.25, 0.3) is 11.0 Å². The molecule has 142 valence electrons. The molecule has 5 nitrogen and oxygen atoms in total. The lowest BCUT2D eigenvalue weighted by molar-refractivity contribution is 0.199. The fraction of sp³-hybridized carbons (Fsp3) is 0.455. The maximum atomic E-state index is 5.93. The summed E-state index contributed by atoms with van der Waals surface area (Å²) < 4.78 is 5.93. The van der Waals surface area contributed by atoms with E-state index in [9.17, 15) is 0 Å². The molecule has 1 saturated carbocycles.